The van der Waals surface area contributed by atoms with E-state index in [2.05, 4.69) is 4.98 Å². The second-order valence-corrected chi connectivity index (χ2v) is 5.63. The SMILES string of the molecule is COc1cccc(C(=O)CN(C)Cc2scnc2C)c1. The lowest BCUT2D eigenvalue weighted by Crippen LogP contribution is -2.25. The molecular formula is C15H18N2O2S. The predicted molar refractivity (Wildman–Crippen MR) is 80.5 cm³/mol. The molecule has 1 heterocycles. The average molecular weight is 290 g/mol. The Hall–Kier alpha value is -1.72. The van der Waals surface area contributed by atoms with Crippen molar-refractivity contribution in [2.45, 2.75) is 13.5 Å². The number of ether oxygens (including phenoxy) is 1. The van der Waals surface area contributed by atoms with E-state index in [1.807, 2.05) is 42.6 Å². The Morgan fingerprint density at radius 3 is 2.90 bits per heavy atom. The Morgan fingerprint density at radius 2 is 2.25 bits per heavy atom. The molecule has 1 aromatic heterocycles. The molecule has 2 rings (SSSR count). The van der Waals surface area contributed by atoms with E-state index in [9.17, 15) is 4.79 Å². The van der Waals surface area contributed by atoms with Gasteiger partial charge in [-0.1, -0.05) is 12.1 Å². The van der Waals surface area contributed by atoms with E-state index in [4.69, 9.17) is 4.74 Å². The number of hydrogen-bond donors (Lipinski definition) is 0. The molecule has 5 heteroatoms. The minimum Gasteiger partial charge on any atom is -0.497 e. The van der Waals surface area contributed by atoms with Crippen LogP contribution in [0.1, 0.15) is 20.9 Å². The quantitative estimate of drug-likeness (QED) is 0.767. The summed E-state index contributed by atoms with van der Waals surface area (Å²) in [5.74, 6) is 0.797. The van der Waals surface area contributed by atoms with Crippen LogP contribution in [-0.4, -0.2) is 36.4 Å². The number of likely N-dealkylation sites (N-methyl/N-ethyl adjacent to an activating group) is 1. The number of nitrogens with zero attached hydrogens (tertiary/aromatic N) is 2. The van der Waals surface area contributed by atoms with Gasteiger partial charge in [-0.25, -0.2) is 4.98 Å². The highest BCUT2D eigenvalue weighted by Crippen LogP contribution is 2.16. The van der Waals surface area contributed by atoms with Gasteiger partial charge in [-0.05, 0) is 26.1 Å². The third-order valence-corrected chi connectivity index (χ3v) is 3.98. The number of methoxy groups -OCH3 is 1. The van der Waals surface area contributed by atoms with Crippen LogP contribution in [0, 0.1) is 6.92 Å². The van der Waals surface area contributed by atoms with Gasteiger partial charge in [-0.15, -0.1) is 11.3 Å². The molecule has 0 fully saturated rings. The first-order valence-corrected chi connectivity index (χ1v) is 7.23. The maximum absolute atomic E-state index is 12.2. The molecule has 0 saturated heterocycles. The Balaban J connectivity index is 1.98. The minimum atomic E-state index is 0.0913. The molecule has 2 aromatic rings. The van der Waals surface area contributed by atoms with Gasteiger partial charge in [-0.2, -0.15) is 0 Å². The summed E-state index contributed by atoms with van der Waals surface area (Å²) >= 11 is 1.62. The number of rotatable bonds is 6. The molecule has 0 N–H and O–H groups in total. The van der Waals surface area contributed by atoms with Gasteiger partial charge in [-0.3, -0.25) is 9.69 Å². The van der Waals surface area contributed by atoms with Crippen molar-refractivity contribution in [2.24, 2.45) is 0 Å². The maximum atomic E-state index is 12.2. The number of aromatic nitrogens is 1. The molecule has 0 unspecified atom stereocenters. The van der Waals surface area contributed by atoms with Crippen molar-refractivity contribution in [1.82, 2.24) is 9.88 Å². The first kappa shape index (κ1) is 14.7. The Bertz CT molecular complexity index is 595. The largest absolute Gasteiger partial charge is 0.497 e. The predicted octanol–water partition coefficient (Wildman–Crippen LogP) is 2.77. The van der Waals surface area contributed by atoms with Gasteiger partial charge in [0.1, 0.15) is 5.75 Å². The first-order chi connectivity index (χ1) is 9.60. The van der Waals surface area contributed by atoms with Crippen molar-refractivity contribution in [3.8, 4) is 5.75 Å². The standard InChI is InChI=1S/C15H18N2O2S/c1-11-15(20-10-16-11)9-17(2)8-14(18)12-5-4-6-13(7-12)19-3/h4-7,10H,8-9H2,1-3H3. The van der Waals surface area contributed by atoms with Crippen LogP contribution in [0.4, 0.5) is 0 Å². The van der Waals surface area contributed by atoms with Gasteiger partial charge in [0, 0.05) is 17.0 Å². The highest BCUT2D eigenvalue weighted by molar-refractivity contribution is 7.09. The number of thiazole rings is 1. The number of carbonyl (C=O) groups is 1. The number of Topliss-reactive ketones (excluding diaryl/α,β-unsaturated/α-hetero) is 1. The first-order valence-electron chi connectivity index (χ1n) is 6.35. The molecule has 0 atom stereocenters. The van der Waals surface area contributed by atoms with Crippen molar-refractivity contribution in [3.05, 3.63) is 45.9 Å². The van der Waals surface area contributed by atoms with Crippen LogP contribution >= 0.6 is 11.3 Å². The van der Waals surface area contributed by atoms with E-state index in [0.717, 1.165) is 12.2 Å². The van der Waals surface area contributed by atoms with Gasteiger partial charge in [0.05, 0.1) is 24.9 Å². The molecular weight excluding hydrogens is 272 g/mol. The monoisotopic (exact) mass is 290 g/mol. The van der Waals surface area contributed by atoms with Crippen molar-refractivity contribution < 1.29 is 9.53 Å². The summed E-state index contributed by atoms with van der Waals surface area (Å²) in [6.45, 7) is 3.11. The molecule has 106 valence electrons. The van der Waals surface area contributed by atoms with Crippen LogP contribution in [0.2, 0.25) is 0 Å². The summed E-state index contributed by atoms with van der Waals surface area (Å²) in [6.07, 6.45) is 0. The van der Waals surface area contributed by atoms with E-state index in [1.165, 1.54) is 4.88 Å². The van der Waals surface area contributed by atoms with Crippen molar-refractivity contribution in [2.75, 3.05) is 20.7 Å². The Morgan fingerprint density at radius 1 is 1.45 bits per heavy atom. The zero-order chi connectivity index (χ0) is 14.5. The number of aryl methyl sites for hydroxylation is 1. The van der Waals surface area contributed by atoms with Crippen molar-refractivity contribution in [3.63, 3.8) is 0 Å². The van der Waals surface area contributed by atoms with E-state index >= 15 is 0 Å². The lowest BCUT2D eigenvalue weighted by Gasteiger charge is -2.15. The van der Waals surface area contributed by atoms with Crippen LogP contribution in [0.5, 0.6) is 5.75 Å². The van der Waals surface area contributed by atoms with Crippen LogP contribution in [0.25, 0.3) is 0 Å². The second kappa shape index (κ2) is 6.63. The lowest BCUT2D eigenvalue weighted by atomic mass is 10.1. The van der Waals surface area contributed by atoms with Gasteiger partial charge in [0.25, 0.3) is 0 Å². The number of hydrogen-bond acceptors (Lipinski definition) is 5. The zero-order valence-electron chi connectivity index (χ0n) is 11.9. The third kappa shape index (κ3) is 3.65. The van der Waals surface area contributed by atoms with Crippen LogP contribution in [0.15, 0.2) is 29.8 Å². The fraction of sp³-hybridized carbons (Fsp3) is 0.333. The summed E-state index contributed by atoms with van der Waals surface area (Å²) < 4.78 is 5.14. The minimum absolute atomic E-state index is 0.0913. The maximum Gasteiger partial charge on any atom is 0.176 e. The summed E-state index contributed by atoms with van der Waals surface area (Å²) in [5, 5.41) is 0. The lowest BCUT2D eigenvalue weighted by molar-refractivity contribution is 0.0943. The number of ketones is 1. The summed E-state index contributed by atoms with van der Waals surface area (Å²) in [6, 6.07) is 7.26. The van der Waals surface area contributed by atoms with E-state index in [-0.39, 0.29) is 5.78 Å². The highest BCUT2D eigenvalue weighted by Gasteiger charge is 2.12. The molecule has 20 heavy (non-hydrogen) atoms. The summed E-state index contributed by atoms with van der Waals surface area (Å²) in [4.78, 5) is 19.6. The van der Waals surface area contributed by atoms with Gasteiger partial charge in [0.2, 0.25) is 0 Å². The van der Waals surface area contributed by atoms with Gasteiger partial charge < -0.3 is 4.74 Å². The number of carbonyl (C=O) groups excluding carboxylic acids is 1. The van der Waals surface area contributed by atoms with Gasteiger partial charge >= 0.3 is 0 Å². The smallest absolute Gasteiger partial charge is 0.176 e. The fourth-order valence-electron chi connectivity index (χ4n) is 1.91. The van der Waals surface area contributed by atoms with Crippen LogP contribution < -0.4 is 4.74 Å². The van der Waals surface area contributed by atoms with E-state index in [1.54, 1.807) is 24.5 Å². The summed E-state index contributed by atoms with van der Waals surface area (Å²) in [5.41, 5.74) is 3.55. The van der Waals surface area contributed by atoms with Crippen molar-refractivity contribution >= 4 is 17.1 Å². The molecule has 0 radical (unpaired) electrons. The molecule has 1 aromatic carbocycles. The van der Waals surface area contributed by atoms with Gasteiger partial charge in [0.15, 0.2) is 5.78 Å². The topological polar surface area (TPSA) is 42.4 Å². The van der Waals surface area contributed by atoms with Crippen LogP contribution in [0.3, 0.4) is 0 Å². The molecule has 0 aliphatic rings. The molecule has 0 amide bonds. The Labute approximate surface area is 123 Å². The molecule has 0 saturated carbocycles. The Kier molecular flexibility index (Phi) is 4.87. The van der Waals surface area contributed by atoms with E-state index < -0.39 is 0 Å². The van der Waals surface area contributed by atoms with Crippen LogP contribution in [-0.2, 0) is 6.54 Å². The normalized spacial score (nSPS) is 10.8. The molecule has 0 aliphatic carbocycles. The molecule has 0 aliphatic heterocycles. The third-order valence-electron chi connectivity index (χ3n) is 3.06. The van der Waals surface area contributed by atoms with Crippen molar-refractivity contribution in [1.29, 1.82) is 0 Å². The number of benzene rings is 1. The fourth-order valence-corrected chi connectivity index (χ4v) is 2.77. The molecule has 4 nitrogen and oxygen atoms in total. The zero-order valence-corrected chi connectivity index (χ0v) is 12.7. The summed E-state index contributed by atoms with van der Waals surface area (Å²) in [7, 11) is 3.54. The average Bonchev–Trinajstić information content (AvgIpc) is 2.84. The molecule has 0 spiro atoms. The van der Waals surface area contributed by atoms with E-state index in [0.29, 0.717) is 17.9 Å². The molecule has 0 bridgehead atoms. The second-order valence-electron chi connectivity index (χ2n) is 4.69. The highest BCUT2D eigenvalue weighted by atomic mass is 32.1.